The number of nitrogens with one attached hydrogen (secondary N) is 1. The smallest absolute Gasteiger partial charge is 0.337 e. The molecule has 1 aromatic heterocycles. The summed E-state index contributed by atoms with van der Waals surface area (Å²) in [5, 5.41) is 3.70. The summed E-state index contributed by atoms with van der Waals surface area (Å²) in [5.41, 5.74) is 2.60. The highest BCUT2D eigenvalue weighted by Gasteiger charge is 2.12. The van der Waals surface area contributed by atoms with Gasteiger partial charge in [-0.3, -0.25) is 4.79 Å². The molecule has 0 saturated heterocycles. The molecule has 0 radical (unpaired) electrons. The number of furan rings is 1. The molecule has 0 unspecified atom stereocenters. The van der Waals surface area contributed by atoms with Crippen LogP contribution in [0.25, 0.3) is 11.0 Å². The molecule has 24 heavy (non-hydrogen) atoms. The van der Waals surface area contributed by atoms with Gasteiger partial charge in [0.25, 0.3) is 0 Å². The van der Waals surface area contributed by atoms with Crippen molar-refractivity contribution in [2.75, 3.05) is 12.4 Å². The number of carbonyl (C=O) groups is 2. The van der Waals surface area contributed by atoms with Crippen LogP contribution in [-0.2, 0) is 16.0 Å². The molecule has 1 N–H and O–H groups in total. The standard InChI is InChI=1S/C18H14BrNO4/c1-23-18(22)11-2-5-14(6-3-11)20-17(21)8-12-10-24-16-7-4-13(19)9-15(12)16/h2-7,9-10H,8H2,1H3,(H,20,21). The summed E-state index contributed by atoms with van der Waals surface area (Å²) < 4.78 is 11.0. The van der Waals surface area contributed by atoms with E-state index in [1.54, 1.807) is 30.5 Å². The average molecular weight is 388 g/mol. The first kappa shape index (κ1) is 16.3. The van der Waals surface area contributed by atoms with Crippen LogP contribution in [0, 0.1) is 0 Å². The summed E-state index contributed by atoms with van der Waals surface area (Å²) in [4.78, 5) is 23.6. The lowest BCUT2D eigenvalue weighted by atomic mass is 10.1. The molecule has 0 fully saturated rings. The van der Waals surface area contributed by atoms with Crippen LogP contribution in [0.15, 0.2) is 57.6 Å². The molecule has 0 bridgehead atoms. The molecule has 6 heteroatoms. The normalized spacial score (nSPS) is 10.6. The third-order valence-electron chi connectivity index (χ3n) is 3.56. The number of methoxy groups -OCH3 is 1. The first-order valence-corrected chi connectivity index (χ1v) is 8.00. The Morgan fingerprint density at radius 1 is 1.17 bits per heavy atom. The minimum atomic E-state index is -0.414. The van der Waals surface area contributed by atoms with Crippen LogP contribution < -0.4 is 5.32 Å². The van der Waals surface area contributed by atoms with Crippen LogP contribution in [0.2, 0.25) is 0 Å². The Balaban J connectivity index is 1.71. The fourth-order valence-corrected chi connectivity index (χ4v) is 2.74. The molecule has 3 aromatic rings. The van der Waals surface area contributed by atoms with Gasteiger partial charge in [0.1, 0.15) is 5.58 Å². The number of esters is 1. The molecule has 0 spiro atoms. The van der Waals surface area contributed by atoms with Crippen molar-refractivity contribution in [3.63, 3.8) is 0 Å². The van der Waals surface area contributed by atoms with E-state index < -0.39 is 5.97 Å². The van der Waals surface area contributed by atoms with Crippen LogP contribution in [0.3, 0.4) is 0 Å². The molecule has 0 aliphatic carbocycles. The van der Waals surface area contributed by atoms with E-state index in [0.29, 0.717) is 11.3 Å². The number of fused-ring (bicyclic) bond motifs is 1. The average Bonchev–Trinajstić information content (AvgIpc) is 2.97. The van der Waals surface area contributed by atoms with Gasteiger partial charge in [0.05, 0.1) is 25.4 Å². The third kappa shape index (κ3) is 3.49. The van der Waals surface area contributed by atoms with E-state index in [0.717, 1.165) is 21.0 Å². The van der Waals surface area contributed by atoms with E-state index in [1.165, 1.54) is 7.11 Å². The lowest BCUT2D eigenvalue weighted by molar-refractivity contribution is -0.115. The minimum Gasteiger partial charge on any atom is -0.465 e. The summed E-state index contributed by atoms with van der Waals surface area (Å²) in [6, 6.07) is 12.2. The molecule has 1 amide bonds. The zero-order chi connectivity index (χ0) is 17.1. The Morgan fingerprint density at radius 3 is 2.62 bits per heavy atom. The molecule has 0 aliphatic rings. The Bertz CT molecular complexity index is 899. The Kier molecular flexibility index (Phi) is 4.66. The van der Waals surface area contributed by atoms with Crippen LogP contribution in [-0.4, -0.2) is 19.0 Å². The van der Waals surface area contributed by atoms with E-state index in [4.69, 9.17) is 4.42 Å². The van der Waals surface area contributed by atoms with Gasteiger partial charge in [0.2, 0.25) is 5.91 Å². The summed E-state index contributed by atoms with van der Waals surface area (Å²) in [5.74, 6) is -0.577. The molecule has 5 nitrogen and oxygen atoms in total. The van der Waals surface area contributed by atoms with E-state index in [-0.39, 0.29) is 12.3 Å². The number of anilines is 1. The maximum Gasteiger partial charge on any atom is 0.337 e. The lowest BCUT2D eigenvalue weighted by Crippen LogP contribution is -2.14. The minimum absolute atomic E-state index is 0.163. The van der Waals surface area contributed by atoms with Gasteiger partial charge in [-0.2, -0.15) is 0 Å². The second-order valence-electron chi connectivity index (χ2n) is 5.20. The molecule has 2 aromatic carbocycles. The lowest BCUT2D eigenvalue weighted by Gasteiger charge is -2.05. The van der Waals surface area contributed by atoms with Crippen molar-refractivity contribution >= 4 is 44.5 Å². The molecule has 0 saturated carbocycles. The molecular weight excluding hydrogens is 374 g/mol. The maximum atomic E-state index is 12.2. The highest BCUT2D eigenvalue weighted by Crippen LogP contribution is 2.25. The molecule has 0 atom stereocenters. The van der Waals surface area contributed by atoms with Crippen LogP contribution in [0.5, 0.6) is 0 Å². The topological polar surface area (TPSA) is 68.5 Å². The van der Waals surface area contributed by atoms with E-state index in [1.807, 2.05) is 18.2 Å². The first-order chi connectivity index (χ1) is 11.6. The van der Waals surface area contributed by atoms with Gasteiger partial charge in [-0.25, -0.2) is 4.79 Å². The predicted octanol–water partition coefficient (Wildman–Crippen LogP) is 4.16. The summed E-state index contributed by atoms with van der Waals surface area (Å²) in [7, 11) is 1.33. The third-order valence-corrected chi connectivity index (χ3v) is 4.05. The quantitative estimate of drug-likeness (QED) is 0.682. The van der Waals surface area contributed by atoms with Crippen molar-refractivity contribution in [2.24, 2.45) is 0 Å². The van der Waals surface area contributed by atoms with Crippen molar-refractivity contribution in [1.29, 1.82) is 0 Å². The Hall–Kier alpha value is -2.60. The summed E-state index contributed by atoms with van der Waals surface area (Å²) >= 11 is 3.42. The number of hydrogen-bond acceptors (Lipinski definition) is 4. The maximum absolute atomic E-state index is 12.2. The largest absolute Gasteiger partial charge is 0.465 e. The van der Waals surface area contributed by atoms with Crippen molar-refractivity contribution in [2.45, 2.75) is 6.42 Å². The Labute approximate surface area is 146 Å². The zero-order valence-electron chi connectivity index (χ0n) is 12.8. The number of rotatable bonds is 4. The van der Waals surface area contributed by atoms with Crippen LogP contribution in [0.1, 0.15) is 15.9 Å². The highest BCUT2D eigenvalue weighted by molar-refractivity contribution is 9.10. The fraction of sp³-hybridized carbons (Fsp3) is 0.111. The molecule has 3 rings (SSSR count). The van der Waals surface area contributed by atoms with Gasteiger partial charge in [-0.1, -0.05) is 15.9 Å². The summed E-state index contributed by atoms with van der Waals surface area (Å²) in [6.45, 7) is 0. The van der Waals surface area contributed by atoms with E-state index in [9.17, 15) is 9.59 Å². The zero-order valence-corrected chi connectivity index (χ0v) is 14.4. The highest BCUT2D eigenvalue weighted by atomic mass is 79.9. The van der Waals surface area contributed by atoms with Gasteiger partial charge in [0, 0.05) is 21.1 Å². The van der Waals surface area contributed by atoms with Crippen molar-refractivity contribution in [3.8, 4) is 0 Å². The predicted molar refractivity (Wildman–Crippen MR) is 94.0 cm³/mol. The van der Waals surface area contributed by atoms with Crippen LogP contribution in [0.4, 0.5) is 5.69 Å². The van der Waals surface area contributed by atoms with Gasteiger partial charge >= 0.3 is 5.97 Å². The van der Waals surface area contributed by atoms with Crippen molar-refractivity contribution in [1.82, 2.24) is 0 Å². The number of halogens is 1. The molecule has 0 aliphatic heterocycles. The van der Waals surface area contributed by atoms with Gasteiger partial charge < -0.3 is 14.5 Å². The fourth-order valence-electron chi connectivity index (χ4n) is 2.38. The Morgan fingerprint density at radius 2 is 1.92 bits per heavy atom. The van der Waals surface area contributed by atoms with Crippen LogP contribution >= 0.6 is 15.9 Å². The number of benzene rings is 2. The number of hydrogen-bond donors (Lipinski definition) is 1. The first-order valence-electron chi connectivity index (χ1n) is 7.20. The van der Waals surface area contributed by atoms with E-state index in [2.05, 4.69) is 26.0 Å². The summed E-state index contributed by atoms with van der Waals surface area (Å²) in [6.07, 6.45) is 1.79. The molecular formula is C18H14BrNO4. The van der Waals surface area contributed by atoms with Crippen molar-refractivity contribution < 1.29 is 18.7 Å². The second-order valence-corrected chi connectivity index (χ2v) is 6.11. The van der Waals surface area contributed by atoms with E-state index >= 15 is 0 Å². The molecule has 1 heterocycles. The van der Waals surface area contributed by atoms with Gasteiger partial charge in [0.15, 0.2) is 0 Å². The van der Waals surface area contributed by atoms with Crippen molar-refractivity contribution in [3.05, 3.63) is 64.3 Å². The second kappa shape index (κ2) is 6.88. The SMILES string of the molecule is COC(=O)c1ccc(NC(=O)Cc2coc3ccc(Br)cc23)cc1. The number of ether oxygens (including phenoxy) is 1. The molecule has 122 valence electrons. The number of amides is 1. The van der Waals surface area contributed by atoms with Gasteiger partial charge in [-0.05, 0) is 42.5 Å². The number of carbonyl (C=O) groups excluding carboxylic acids is 2. The monoisotopic (exact) mass is 387 g/mol. The van der Waals surface area contributed by atoms with Gasteiger partial charge in [-0.15, -0.1) is 0 Å².